The fourth-order valence-corrected chi connectivity index (χ4v) is 5.68. The van der Waals surface area contributed by atoms with Crippen molar-refractivity contribution in [3.05, 3.63) is 56.9 Å². The van der Waals surface area contributed by atoms with E-state index < -0.39 is 10.1 Å². The molecule has 0 bridgehead atoms. The Morgan fingerprint density at radius 2 is 1.90 bits per heavy atom. The van der Waals surface area contributed by atoms with E-state index in [2.05, 4.69) is 15.9 Å². The van der Waals surface area contributed by atoms with Crippen LogP contribution in [-0.4, -0.2) is 37.2 Å². The highest BCUT2D eigenvalue weighted by Gasteiger charge is 2.31. The molecule has 6 nitrogen and oxygen atoms in total. The van der Waals surface area contributed by atoms with Crippen LogP contribution in [0.15, 0.2) is 50.7 Å². The van der Waals surface area contributed by atoms with E-state index in [0.29, 0.717) is 25.8 Å². The van der Waals surface area contributed by atoms with Crippen LogP contribution < -0.4 is 8.92 Å². The lowest BCUT2D eigenvalue weighted by Crippen LogP contribution is -2.27. The normalized spacial score (nSPS) is 15.7. The predicted octanol–water partition coefficient (Wildman–Crippen LogP) is 4.75. The average molecular weight is 528 g/mol. The van der Waals surface area contributed by atoms with Gasteiger partial charge in [0, 0.05) is 6.54 Å². The second-order valence-corrected chi connectivity index (χ2v) is 10.4. The average Bonchev–Trinajstić information content (AvgIpc) is 2.96. The van der Waals surface area contributed by atoms with Gasteiger partial charge in [-0.15, -0.1) is 0 Å². The summed E-state index contributed by atoms with van der Waals surface area (Å²) in [6.07, 6.45) is 1.68. The third-order valence-electron chi connectivity index (χ3n) is 4.24. The van der Waals surface area contributed by atoms with Gasteiger partial charge in [0.1, 0.15) is 9.22 Å². The van der Waals surface area contributed by atoms with Gasteiger partial charge in [-0.1, -0.05) is 41.7 Å². The first-order valence-corrected chi connectivity index (χ1v) is 12.2. The summed E-state index contributed by atoms with van der Waals surface area (Å²) in [6, 6.07) is 9.60. The Morgan fingerprint density at radius 3 is 2.47 bits per heavy atom. The zero-order valence-electron chi connectivity index (χ0n) is 16.3. The van der Waals surface area contributed by atoms with Crippen LogP contribution in [0.25, 0.3) is 6.08 Å². The van der Waals surface area contributed by atoms with Crippen LogP contribution in [0.2, 0.25) is 0 Å². The fraction of sp³-hybridized carbons (Fsp3) is 0.200. The number of nitrogens with zero attached hydrogens (tertiary/aromatic N) is 1. The van der Waals surface area contributed by atoms with Crippen molar-refractivity contribution in [3.63, 3.8) is 0 Å². The summed E-state index contributed by atoms with van der Waals surface area (Å²) >= 11 is 9.80. The molecule has 2 aromatic rings. The zero-order chi connectivity index (χ0) is 22.1. The Morgan fingerprint density at radius 1 is 1.23 bits per heavy atom. The van der Waals surface area contributed by atoms with Crippen LogP contribution in [0.5, 0.6) is 11.5 Å². The summed E-state index contributed by atoms with van der Waals surface area (Å²) in [5, 5.41) is 0. The van der Waals surface area contributed by atoms with Crippen molar-refractivity contribution >= 4 is 66.3 Å². The molecule has 3 rings (SSSR count). The Kier molecular flexibility index (Phi) is 6.91. The maximum atomic E-state index is 12.7. The second-order valence-electron chi connectivity index (χ2n) is 6.31. The van der Waals surface area contributed by atoms with E-state index in [-0.39, 0.29) is 22.3 Å². The van der Waals surface area contributed by atoms with Crippen LogP contribution in [-0.2, 0) is 14.9 Å². The van der Waals surface area contributed by atoms with Crippen LogP contribution in [0.1, 0.15) is 18.1 Å². The second kappa shape index (κ2) is 9.09. The van der Waals surface area contributed by atoms with Gasteiger partial charge in [0.25, 0.3) is 5.91 Å². The summed E-state index contributed by atoms with van der Waals surface area (Å²) in [5.74, 6) is 0.0680. The Balaban J connectivity index is 1.95. The molecule has 1 heterocycles. The first-order chi connectivity index (χ1) is 14.2. The summed E-state index contributed by atoms with van der Waals surface area (Å²) < 4.78 is 36.9. The third kappa shape index (κ3) is 4.72. The number of ether oxygens (including phenoxy) is 1. The molecule has 10 heteroatoms. The Bertz CT molecular complexity index is 1140. The highest BCUT2D eigenvalue weighted by Crippen LogP contribution is 2.40. The highest BCUT2D eigenvalue weighted by atomic mass is 79.9. The summed E-state index contributed by atoms with van der Waals surface area (Å²) in [4.78, 5) is 14.5. The first-order valence-electron chi connectivity index (χ1n) is 8.80. The molecular formula is C20H18BrNO5S3. The zero-order valence-corrected chi connectivity index (χ0v) is 20.4. The monoisotopic (exact) mass is 527 g/mol. The van der Waals surface area contributed by atoms with E-state index in [0.717, 1.165) is 5.56 Å². The number of halogens is 1. The molecule has 0 unspecified atom stereocenters. The number of carbonyl (C=O) groups excluding carboxylic acids is 1. The van der Waals surface area contributed by atoms with E-state index in [4.69, 9.17) is 21.1 Å². The summed E-state index contributed by atoms with van der Waals surface area (Å²) in [7, 11) is -2.64. The molecule has 158 valence electrons. The molecule has 1 aliphatic rings. The maximum absolute atomic E-state index is 12.7. The van der Waals surface area contributed by atoms with Gasteiger partial charge in [-0.2, -0.15) is 8.42 Å². The minimum absolute atomic E-state index is 0.0244. The molecule has 0 N–H and O–H groups in total. The van der Waals surface area contributed by atoms with Gasteiger partial charge >= 0.3 is 10.1 Å². The summed E-state index contributed by atoms with van der Waals surface area (Å²) in [5.41, 5.74) is 1.57. The van der Waals surface area contributed by atoms with Crippen molar-refractivity contribution in [1.82, 2.24) is 4.90 Å². The standard InChI is InChI=1S/C20H18BrNO5S3/c1-4-22-19(23)17(29-20(22)28)11-13-9-15(21)18(16(10-13)26-3)27-30(24,25)14-7-5-12(2)6-8-14/h5-11H,4H2,1-3H3. The molecule has 0 atom stereocenters. The number of amides is 1. The van der Waals surface area contributed by atoms with E-state index >= 15 is 0 Å². The van der Waals surface area contributed by atoms with Crippen molar-refractivity contribution in [2.75, 3.05) is 13.7 Å². The number of thiocarbonyl (C=S) groups is 1. The maximum Gasteiger partial charge on any atom is 0.339 e. The van der Waals surface area contributed by atoms with Gasteiger partial charge in [-0.05, 0) is 65.7 Å². The molecule has 0 saturated carbocycles. The van der Waals surface area contributed by atoms with Gasteiger partial charge in [0.2, 0.25) is 0 Å². The lowest BCUT2D eigenvalue weighted by molar-refractivity contribution is -0.121. The Hall–Kier alpha value is -1.88. The van der Waals surface area contributed by atoms with Crippen molar-refractivity contribution in [3.8, 4) is 11.5 Å². The molecule has 1 aliphatic heterocycles. The topological polar surface area (TPSA) is 72.9 Å². The number of hydrogen-bond acceptors (Lipinski definition) is 7. The molecule has 0 spiro atoms. The molecule has 2 aromatic carbocycles. The largest absolute Gasteiger partial charge is 0.493 e. The van der Waals surface area contributed by atoms with Gasteiger partial charge in [0.15, 0.2) is 11.5 Å². The van der Waals surface area contributed by atoms with E-state index in [1.807, 2.05) is 13.8 Å². The molecule has 1 amide bonds. The highest BCUT2D eigenvalue weighted by molar-refractivity contribution is 9.10. The lowest BCUT2D eigenvalue weighted by atomic mass is 10.2. The van der Waals surface area contributed by atoms with Crippen LogP contribution in [0.3, 0.4) is 0 Å². The summed E-state index contributed by atoms with van der Waals surface area (Å²) in [6.45, 7) is 4.22. The molecular weight excluding hydrogens is 510 g/mol. The smallest absolute Gasteiger partial charge is 0.339 e. The van der Waals surface area contributed by atoms with E-state index in [1.165, 1.54) is 35.9 Å². The Labute approximate surface area is 193 Å². The van der Waals surface area contributed by atoms with Crippen molar-refractivity contribution in [1.29, 1.82) is 0 Å². The van der Waals surface area contributed by atoms with E-state index in [1.54, 1.807) is 30.3 Å². The molecule has 1 saturated heterocycles. The molecule has 0 radical (unpaired) electrons. The number of methoxy groups -OCH3 is 1. The number of carbonyl (C=O) groups is 1. The van der Waals surface area contributed by atoms with Crippen molar-refractivity contribution in [2.24, 2.45) is 0 Å². The van der Waals surface area contributed by atoms with Crippen molar-refractivity contribution < 1.29 is 22.1 Å². The van der Waals surface area contributed by atoms with Gasteiger partial charge in [-0.3, -0.25) is 9.69 Å². The van der Waals surface area contributed by atoms with Crippen LogP contribution >= 0.6 is 39.9 Å². The first kappa shape index (κ1) is 22.8. The predicted molar refractivity (Wildman–Crippen MR) is 125 cm³/mol. The third-order valence-corrected chi connectivity index (χ3v) is 7.44. The van der Waals surface area contributed by atoms with Crippen LogP contribution in [0, 0.1) is 6.92 Å². The lowest BCUT2D eigenvalue weighted by Gasteiger charge is -2.14. The van der Waals surface area contributed by atoms with E-state index in [9.17, 15) is 13.2 Å². The van der Waals surface area contributed by atoms with Crippen LogP contribution in [0.4, 0.5) is 0 Å². The molecule has 30 heavy (non-hydrogen) atoms. The SMILES string of the molecule is CCN1C(=O)C(=Cc2cc(Br)c(OS(=O)(=O)c3ccc(C)cc3)c(OC)c2)SC1=S. The minimum atomic E-state index is -4.05. The quantitative estimate of drug-likeness (QED) is 0.304. The number of benzene rings is 2. The number of rotatable bonds is 6. The number of hydrogen-bond donors (Lipinski definition) is 0. The number of thioether (sulfide) groups is 1. The fourth-order valence-electron chi connectivity index (χ4n) is 2.69. The van der Waals surface area contributed by atoms with Crippen molar-refractivity contribution in [2.45, 2.75) is 18.7 Å². The number of aryl methyl sites for hydroxylation is 1. The molecule has 0 aliphatic carbocycles. The van der Waals surface area contributed by atoms with Gasteiger partial charge < -0.3 is 8.92 Å². The number of likely N-dealkylation sites (N-methyl/N-ethyl adjacent to an activating group) is 1. The van der Waals surface area contributed by atoms with Gasteiger partial charge in [-0.25, -0.2) is 0 Å². The molecule has 0 aromatic heterocycles. The van der Waals surface area contributed by atoms with Gasteiger partial charge in [0.05, 0.1) is 16.5 Å². The molecule has 1 fully saturated rings. The minimum Gasteiger partial charge on any atom is -0.493 e.